The van der Waals surface area contributed by atoms with Crippen molar-refractivity contribution in [2.45, 2.75) is 10.8 Å². The van der Waals surface area contributed by atoms with Crippen LogP contribution in [0.5, 0.6) is 0 Å². The summed E-state index contributed by atoms with van der Waals surface area (Å²) in [7, 11) is -3.74. The van der Waals surface area contributed by atoms with Gasteiger partial charge in [0.25, 0.3) is 5.91 Å². The highest BCUT2D eigenvalue weighted by Crippen LogP contribution is 2.20. The summed E-state index contributed by atoms with van der Waals surface area (Å²) in [6.07, 6.45) is 0. The lowest BCUT2D eigenvalue weighted by atomic mass is 10.2. The van der Waals surface area contributed by atoms with Crippen LogP contribution in [0.4, 0.5) is 4.39 Å². The van der Waals surface area contributed by atoms with E-state index in [4.69, 9.17) is 16.7 Å². The highest BCUT2D eigenvalue weighted by atomic mass is 35.5. The van der Waals surface area contributed by atoms with Crippen molar-refractivity contribution in [3.8, 4) is 0 Å². The number of rotatable bonds is 4. The van der Waals surface area contributed by atoms with Crippen LogP contribution in [-0.2, 0) is 16.6 Å². The Kier molecular flexibility index (Phi) is 4.62. The standard InChI is InChI=1S/C12H10ClFN2O3S2/c13-9-3-1-7(5-10(9)14)12(17)16-6-8-2-4-11(20-8)21(15,18)19/h1-5H,6H2,(H,16,17)(H2,15,18,19). The zero-order valence-electron chi connectivity index (χ0n) is 10.5. The molecule has 112 valence electrons. The van der Waals surface area contributed by atoms with Crippen LogP contribution in [0.1, 0.15) is 15.2 Å². The van der Waals surface area contributed by atoms with Gasteiger partial charge in [0.05, 0.1) is 11.6 Å². The summed E-state index contributed by atoms with van der Waals surface area (Å²) in [4.78, 5) is 12.4. The van der Waals surface area contributed by atoms with Crippen molar-refractivity contribution in [2.24, 2.45) is 5.14 Å². The zero-order valence-corrected chi connectivity index (χ0v) is 12.9. The van der Waals surface area contributed by atoms with Crippen LogP contribution in [0.2, 0.25) is 5.02 Å². The van der Waals surface area contributed by atoms with Gasteiger partial charge in [-0.2, -0.15) is 0 Å². The van der Waals surface area contributed by atoms with E-state index in [1.807, 2.05) is 0 Å². The summed E-state index contributed by atoms with van der Waals surface area (Å²) < 4.78 is 35.5. The Balaban J connectivity index is 2.04. The molecule has 0 spiro atoms. The fourth-order valence-electron chi connectivity index (χ4n) is 1.51. The van der Waals surface area contributed by atoms with Crippen molar-refractivity contribution in [1.29, 1.82) is 0 Å². The molecule has 5 nitrogen and oxygen atoms in total. The molecule has 0 saturated carbocycles. The highest BCUT2D eigenvalue weighted by molar-refractivity contribution is 7.91. The van der Waals surface area contributed by atoms with E-state index in [9.17, 15) is 17.6 Å². The van der Waals surface area contributed by atoms with Crippen LogP contribution in [0.25, 0.3) is 0 Å². The Morgan fingerprint density at radius 1 is 1.33 bits per heavy atom. The number of amides is 1. The maximum atomic E-state index is 13.2. The van der Waals surface area contributed by atoms with Gasteiger partial charge in [-0.25, -0.2) is 17.9 Å². The maximum absolute atomic E-state index is 13.2. The number of carbonyl (C=O) groups is 1. The fourth-order valence-corrected chi connectivity index (χ4v) is 3.35. The molecule has 0 aliphatic carbocycles. The minimum absolute atomic E-state index is 0.0179. The van der Waals surface area contributed by atoms with Crippen molar-refractivity contribution >= 4 is 38.9 Å². The number of hydrogen-bond donors (Lipinski definition) is 2. The summed E-state index contributed by atoms with van der Waals surface area (Å²) in [6, 6.07) is 6.62. The number of carbonyl (C=O) groups excluding carboxylic acids is 1. The molecule has 9 heteroatoms. The Bertz CT molecular complexity index is 790. The quantitative estimate of drug-likeness (QED) is 0.886. The van der Waals surface area contributed by atoms with Crippen LogP contribution >= 0.6 is 22.9 Å². The van der Waals surface area contributed by atoms with Gasteiger partial charge in [-0.1, -0.05) is 11.6 Å². The molecule has 2 aromatic rings. The Labute approximate surface area is 129 Å². The molecule has 3 N–H and O–H groups in total. The fraction of sp³-hybridized carbons (Fsp3) is 0.0833. The van der Waals surface area contributed by atoms with Crippen molar-refractivity contribution < 1.29 is 17.6 Å². The highest BCUT2D eigenvalue weighted by Gasteiger charge is 2.13. The summed E-state index contributed by atoms with van der Waals surface area (Å²) in [5.41, 5.74) is 0.125. The van der Waals surface area contributed by atoms with E-state index in [1.165, 1.54) is 18.2 Å². The first-order valence-corrected chi connectivity index (χ1v) is 8.36. The molecular weight excluding hydrogens is 339 g/mol. The number of nitrogens with two attached hydrogens (primary N) is 1. The second kappa shape index (κ2) is 6.10. The lowest BCUT2D eigenvalue weighted by Crippen LogP contribution is -2.22. The molecule has 1 aromatic carbocycles. The number of sulfonamides is 1. The monoisotopic (exact) mass is 348 g/mol. The number of thiophene rings is 1. The molecule has 1 heterocycles. The van der Waals surface area contributed by atoms with Gasteiger partial charge < -0.3 is 5.32 Å². The van der Waals surface area contributed by atoms with E-state index >= 15 is 0 Å². The molecule has 0 bridgehead atoms. The van der Waals surface area contributed by atoms with Gasteiger partial charge in [0.15, 0.2) is 0 Å². The predicted molar refractivity (Wildman–Crippen MR) is 78.3 cm³/mol. The Morgan fingerprint density at radius 2 is 2.05 bits per heavy atom. The van der Waals surface area contributed by atoms with Gasteiger partial charge in [0.1, 0.15) is 10.0 Å². The first-order valence-electron chi connectivity index (χ1n) is 5.62. The summed E-state index contributed by atoms with van der Waals surface area (Å²) in [5.74, 6) is -1.17. The Morgan fingerprint density at radius 3 is 2.62 bits per heavy atom. The van der Waals surface area contributed by atoms with E-state index in [0.29, 0.717) is 4.88 Å². The van der Waals surface area contributed by atoms with Crippen LogP contribution in [0.3, 0.4) is 0 Å². The molecule has 0 atom stereocenters. The second-order valence-corrected chi connectivity index (χ2v) is 7.44. The minimum atomic E-state index is -3.74. The normalized spacial score (nSPS) is 11.4. The van der Waals surface area contributed by atoms with Crippen molar-refractivity contribution in [1.82, 2.24) is 5.32 Å². The van der Waals surface area contributed by atoms with Crippen LogP contribution < -0.4 is 10.5 Å². The number of nitrogens with one attached hydrogen (secondary N) is 1. The van der Waals surface area contributed by atoms with Gasteiger partial charge in [-0.3, -0.25) is 4.79 Å². The number of halogens is 2. The summed E-state index contributed by atoms with van der Waals surface area (Å²) in [6.45, 7) is 0.114. The topological polar surface area (TPSA) is 89.3 Å². The third-order valence-electron chi connectivity index (χ3n) is 2.52. The molecule has 0 unspecified atom stereocenters. The summed E-state index contributed by atoms with van der Waals surface area (Å²) >= 11 is 6.49. The van der Waals surface area contributed by atoms with Gasteiger partial charge in [0, 0.05) is 10.4 Å². The van der Waals surface area contributed by atoms with E-state index in [1.54, 1.807) is 6.07 Å². The maximum Gasteiger partial charge on any atom is 0.251 e. The predicted octanol–water partition coefficient (Wildman–Crippen LogP) is 2.12. The van der Waals surface area contributed by atoms with Crippen LogP contribution in [-0.4, -0.2) is 14.3 Å². The van der Waals surface area contributed by atoms with E-state index in [2.05, 4.69) is 5.32 Å². The Hall–Kier alpha value is -1.48. The molecule has 2 rings (SSSR count). The zero-order chi connectivity index (χ0) is 15.6. The average Bonchev–Trinajstić information content (AvgIpc) is 2.88. The van der Waals surface area contributed by atoms with Gasteiger partial charge in [-0.05, 0) is 30.3 Å². The van der Waals surface area contributed by atoms with Crippen molar-refractivity contribution in [3.63, 3.8) is 0 Å². The average molecular weight is 349 g/mol. The molecule has 0 radical (unpaired) electrons. The first kappa shape index (κ1) is 15.9. The molecule has 21 heavy (non-hydrogen) atoms. The second-order valence-electron chi connectivity index (χ2n) is 4.08. The van der Waals surface area contributed by atoms with E-state index < -0.39 is 21.7 Å². The number of primary sulfonamides is 1. The van der Waals surface area contributed by atoms with Gasteiger partial charge >= 0.3 is 0 Å². The largest absolute Gasteiger partial charge is 0.347 e. The van der Waals surface area contributed by atoms with E-state index in [0.717, 1.165) is 17.4 Å². The lowest BCUT2D eigenvalue weighted by Gasteiger charge is -2.04. The number of benzene rings is 1. The third kappa shape index (κ3) is 4.01. The summed E-state index contributed by atoms with van der Waals surface area (Å²) in [5, 5.41) is 7.47. The van der Waals surface area contributed by atoms with Gasteiger partial charge in [0.2, 0.25) is 10.0 Å². The van der Waals surface area contributed by atoms with Crippen LogP contribution in [0, 0.1) is 5.82 Å². The van der Waals surface area contributed by atoms with Gasteiger partial charge in [-0.15, -0.1) is 11.3 Å². The van der Waals surface area contributed by atoms with E-state index in [-0.39, 0.29) is 21.3 Å². The molecule has 1 aromatic heterocycles. The van der Waals surface area contributed by atoms with Crippen molar-refractivity contribution in [2.75, 3.05) is 0 Å². The minimum Gasteiger partial charge on any atom is -0.347 e. The first-order chi connectivity index (χ1) is 9.77. The number of hydrogen-bond acceptors (Lipinski definition) is 4. The molecule has 0 aliphatic rings. The molecule has 0 aliphatic heterocycles. The molecule has 1 amide bonds. The molecule has 0 fully saturated rings. The lowest BCUT2D eigenvalue weighted by molar-refractivity contribution is 0.0951. The molecule has 0 saturated heterocycles. The molecular formula is C12H10ClFN2O3S2. The van der Waals surface area contributed by atoms with Crippen LogP contribution in [0.15, 0.2) is 34.5 Å². The van der Waals surface area contributed by atoms with Crippen molar-refractivity contribution in [3.05, 3.63) is 51.6 Å². The smallest absolute Gasteiger partial charge is 0.251 e. The third-order valence-corrected chi connectivity index (χ3v) is 5.35. The SMILES string of the molecule is NS(=O)(=O)c1ccc(CNC(=O)c2ccc(Cl)c(F)c2)s1.